The summed E-state index contributed by atoms with van der Waals surface area (Å²) >= 11 is 0. The van der Waals surface area contributed by atoms with Crippen LogP contribution in [0.4, 0.5) is 5.69 Å². The van der Waals surface area contributed by atoms with E-state index in [1.54, 1.807) is 0 Å². The SMILES string of the molecule is CCc1cccc(C)c1NC1CCN(C)C1. The first kappa shape index (κ1) is 11.5. The Hall–Kier alpha value is -1.02. The van der Waals surface area contributed by atoms with E-state index in [4.69, 9.17) is 0 Å². The van der Waals surface area contributed by atoms with Crippen LogP contribution >= 0.6 is 0 Å². The second-order valence-corrected chi connectivity index (χ2v) is 4.85. The maximum Gasteiger partial charge on any atom is 0.0404 e. The smallest absolute Gasteiger partial charge is 0.0404 e. The van der Waals surface area contributed by atoms with E-state index in [2.05, 4.69) is 49.3 Å². The Morgan fingerprint density at radius 1 is 1.44 bits per heavy atom. The molecule has 2 heteroatoms. The van der Waals surface area contributed by atoms with Crippen molar-refractivity contribution >= 4 is 5.69 Å². The molecule has 0 bridgehead atoms. The Morgan fingerprint density at radius 2 is 2.25 bits per heavy atom. The number of hydrogen-bond donors (Lipinski definition) is 1. The van der Waals surface area contributed by atoms with Crippen LogP contribution in [0.25, 0.3) is 0 Å². The first-order valence-electron chi connectivity index (χ1n) is 6.24. The van der Waals surface area contributed by atoms with Gasteiger partial charge in [-0.15, -0.1) is 0 Å². The zero-order chi connectivity index (χ0) is 11.5. The van der Waals surface area contributed by atoms with Gasteiger partial charge in [0.1, 0.15) is 0 Å². The van der Waals surface area contributed by atoms with Gasteiger partial charge >= 0.3 is 0 Å². The van der Waals surface area contributed by atoms with Crippen molar-refractivity contribution in [2.75, 3.05) is 25.5 Å². The number of para-hydroxylation sites is 1. The lowest BCUT2D eigenvalue weighted by atomic mass is 10.0. The summed E-state index contributed by atoms with van der Waals surface area (Å²) in [7, 11) is 2.19. The van der Waals surface area contributed by atoms with E-state index in [0.717, 1.165) is 13.0 Å². The average Bonchev–Trinajstić information content (AvgIpc) is 2.67. The van der Waals surface area contributed by atoms with Gasteiger partial charge in [0.15, 0.2) is 0 Å². The zero-order valence-electron chi connectivity index (χ0n) is 10.6. The van der Waals surface area contributed by atoms with Crippen molar-refractivity contribution in [2.24, 2.45) is 0 Å². The van der Waals surface area contributed by atoms with Crippen LogP contribution in [0.5, 0.6) is 0 Å². The second-order valence-electron chi connectivity index (χ2n) is 4.85. The predicted molar refractivity (Wildman–Crippen MR) is 70.1 cm³/mol. The minimum atomic E-state index is 0.622. The molecule has 2 rings (SSSR count). The van der Waals surface area contributed by atoms with E-state index in [9.17, 15) is 0 Å². The Labute approximate surface area is 98.7 Å². The van der Waals surface area contributed by atoms with E-state index in [-0.39, 0.29) is 0 Å². The fourth-order valence-corrected chi connectivity index (χ4v) is 2.49. The fraction of sp³-hybridized carbons (Fsp3) is 0.571. The third-order valence-electron chi connectivity index (χ3n) is 3.48. The van der Waals surface area contributed by atoms with Gasteiger partial charge in [-0.2, -0.15) is 0 Å². The van der Waals surface area contributed by atoms with Gasteiger partial charge in [-0.25, -0.2) is 0 Å². The Bertz CT molecular complexity index is 360. The maximum atomic E-state index is 3.72. The van der Waals surface area contributed by atoms with Gasteiger partial charge in [0.2, 0.25) is 0 Å². The first-order valence-corrected chi connectivity index (χ1v) is 6.24. The van der Waals surface area contributed by atoms with Crippen molar-refractivity contribution in [1.82, 2.24) is 4.90 Å². The predicted octanol–water partition coefficient (Wildman–Crippen LogP) is 2.67. The zero-order valence-corrected chi connectivity index (χ0v) is 10.6. The van der Waals surface area contributed by atoms with E-state index < -0.39 is 0 Å². The molecule has 1 aromatic rings. The van der Waals surface area contributed by atoms with Gasteiger partial charge in [0, 0.05) is 18.3 Å². The Kier molecular flexibility index (Phi) is 3.49. The molecule has 0 aliphatic carbocycles. The highest BCUT2D eigenvalue weighted by molar-refractivity contribution is 5.58. The van der Waals surface area contributed by atoms with E-state index in [1.165, 1.54) is 29.8 Å². The molecule has 16 heavy (non-hydrogen) atoms. The topological polar surface area (TPSA) is 15.3 Å². The van der Waals surface area contributed by atoms with Gasteiger partial charge in [-0.1, -0.05) is 25.1 Å². The Morgan fingerprint density at radius 3 is 2.88 bits per heavy atom. The van der Waals surface area contributed by atoms with Crippen molar-refractivity contribution < 1.29 is 0 Å². The third kappa shape index (κ3) is 2.38. The minimum absolute atomic E-state index is 0.622. The maximum absolute atomic E-state index is 3.72. The molecule has 88 valence electrons. The summed E-state index contributed by atoms with van der Waals surface area (Å²) in [5.74, 6) is 0. The van der Waals surface area contributed by atoms with Crippen LogP contribution < -0.4 is 5.32 Å². The van der Waals surface area contributed by atoms with Crippen LogP contribution in [0.1, 0.15) is 24.5 Å². The fourth-order valence-electron chi connectivity index (χ4n) is 2.49. The summed E-state index contributed by atoms with van der Waals surface area (Å²) in [4.78, 5) is 2.39. The summed E-state index contributed by atoms with van der Waals surface area (Å²) in [6.45, 7) is 6.80. The number of nitrogens with one attached hydrogen (secondary N) is 1. The number of likely N-dealkylation sites (tertiary alicyclic amines) is 1. The highest BCUT2D eigenvalue weighted by Crippen LogP contribution is 2.23. The number of rotatable bonds is 3. The van der Waals surface area contributed by atoms with Crippen LogP contribution in [0.3, 0.4) is 0 Å². The number of likely N-dealkylation sites (N-methyl/N-ethyl adjacent to an activating group) is 1. The largest absolute Gasteiger partial charge is 0.381 e. The highest BCUT2D eigenvalue weighted by Gasteiger charge is 2.20. The standard InChI is InChI=1S/C14H22N2/c1-4-12-7-5-6-11(2)14(12)15-13-8-9-16(3)10-13/h5-7,13,15H,4,8-10H2,1-3H3. The molecule has 1 aliphatic heterocycles. The van der Waals surface area contributed by atoms with Crippen molar-refractivity contribution in [1.29, 1.82) is 0 Å². The lowest BCUT2D eigenvalue weighted by molar-refractivity contribution is 0.414. The van der Waals surface area contributed by atoms with Gasteiger partial charge in [0.05, 0.1) is 0 Å². The molecule has 0 spiro atoms. The number of nitrogens with zero attached hydrogens (tertiary/aromatic N) is 1. The third-order valence-corrected chi connectivity index (χ3v) is 3.48. The number of aryl methyl sites for hydroxylation is 2. The highest BCUT2D eigenvalue weighted by atomic mass is 15.2. The molecular formula is C14H22N2. The second kappa shape index (κ2) is 4.88. The minimum Gasteiger partial charge on any atom is -0.381 e. The summed E-state index contributed by atoms with van der Waals surface area (Å²) in [6.07, 6.45) is 2.36. The van der Waals surface area contributed by atoms with Gasteiger partial charge in [0.25, 0.3) is 0 Å². The molecule has 2 nitrogen and oxygen atoms in total. The first-order chi connectivity index (χ1) is 7.70. The summed E-state index contributed by atoms with van der Waals surface area (Å²) in [6, 6.07) is 7.20. The normalized spacial score (nSPS) is 21.3. The molecule has 0 saturated carbocycles. The molecular weight excluding hydrogens is 196 g/mol. The number of benzene rings is 1. The van der Waals surface area contributed by atoms with Crippen LogP contribution in [0.2, 0.25) is 0 Å². The van der Waals surface area contributed by atoms with Crippen LogP contribution in [-0.4, -0.2) is 31.1 Å². The van der Waals surface area contributed by atoms with Crippen molar-refractivity contribution in [2.45, 2.75) is 32.7 Å². The molecule has 1 atom stereocenters. The number of hydrogen-bond acceptors (Lipinski definition) is 2. The van der Waals surface area contributed by atoms with Gasteiger partial charge < -0.3 is 10.2 Å². The molecule has 0 amide bonds. The van der Waals surface area contributed by atoms with Crippen molar-refractivity contribution in [3.05, 3.63) is 29.3 Å². The van der Waals surface area contributed by atoms with Crippen LogP contribution in [0.15, 0.2) is 18.2 Å². The molecule has 0 aromatic heterocycles. The molecule has 1 unspecified atom stereocenters. The summed E-state index contributed by atoms with van der Waals surface area (Å²) in [5, 5.41) is 3.72. The van der Waals surface area contributed by atoms with Crippen LogP contribution in [0, 0.1) is 6.92 Å². The van der Waals surface area contributed by atoms with Crippen LogP contribution in [-0.2, 0) is 6.42 Å². The molecule has 1 heterocycles. The van der Waals surface area contributed by atoms with E-state index >= 15 is 0 Å². The Balaban J connectivity index is 2.14. The van der Waals surface area contributed by atoms with E-state index in [0.29, 0.717) is 6.04 Å². The molecule has 1 aromatic carbocycles. The van der Waals surface area contributed by atoms with Crippen molar-refractivity contribution in [3.63, 3.8) is 0 Å². The summed E-state index contributed by atoms with van der Waals surface area (Å²) < 4.78 is 0. The molecule has 1 fully saturated rings. The molecule has 0 radical (unpaired) electrons. The molecule has 1 aliphatic rings. The van der Waals surface area contributed by atoms with E-state index in [1.807, 2.05) is 0 Å². The molecule has 1 N–H and O–H groups in total. The lowest BCUT2D eigenvalue weighted by Gasteiger charge is -2.19. The monoisotopic (exact) mass is 218 g/mol. The average molecular weight is 218 g/mol. The van der Waals surface area contributed by atoms with Crippen molar-refractivity contribution in [3.8, 4) is 0 Å². The quantitative estimate of drug-likeness (QED) is 0.839. The van der Waals surface area contributed by atoms with Gasteiger partial charge in [-0.05, 0) is 44.5 Å². The number of anilines is 1. The van der Waals surface area contributed by atoms with Gasteiger partial charge in [-0.3, -0.25) is 0 Å². The summed E-state index contributed by atoms with van der Waals surface area (Å²) in [5.41, 5.74) is 4.17. The molecule has 1 saturated heterocycles. The lowest BCUT2D eigenvalue weighted by Crippen LogP contribution is -2.24.